The number of nitrogens with zero attached hydrogens (tertiary/aromatic N) is 1. The molecule has 0 unspecified atom stereocenters. The number of hydrogen-bond donors (Lipinski definition) is 1. The van der Waals surface area contributed by atoms with Crippen LogP contribution in [0, 0.1) is 6.92 Å². The van der Waals surface area contributed by atoms with Crippen LogP contribution in [0.5, 0.6) is 5.75 Å². The lowest BCUT2D eigenvalue weighted by atomic mass is 10.1. The minimum atomic E-state index is -0.203. The smallest absolute Gasteiger partial charge is 0.258 e. The first-order chi connectivity index (χ1) is 14.6. The number of hydrogen-bond acceptors (Lipinski definition) is 3. The molecule has 5 heteroatoms. The Balaban J connectivity index is 1.80. The number of pyridine rings is 1. The molecule has 5 nitrogen and oxygen atoms in total. The lowest BCUT2D eigenvalue weighted by Gasteiger charge is -2.25. The summed E-state index contributed by atoms with van der Waals surface area (Å²) in [6, 6.07) is 24.1. The molecule has 1 N–H and O–H groups in total. The number of aryl methyl sites for hydroxylation is 1. The number of fused-ring (bicyclic) bond motifs is 1. The molecule has 1 amide bonds. The van der Waals surface area contributed by atoms with Crippen LogP contribution in [0.15, 0.2) is 83.7 Å². The van der Waals surface area contributed by atoms with E-state index in [4.69, 9.17) is 4.74 Å². The summed E-state index contributed by atoms with van der Waals surface area (Å²) < 4.78 is 5.27. The van der Waals surface area contributed by atoms with Gasteiger partial charge in [-0.3, -0.25) is 9.59 Å². The van der Waals surface area contributed by atoms with Gasteiger partial charge in [-0.1, -0.05) is 42.5 Å². The van der Waals surface area contributed by atoms with Crippen LogP contribution in [0.25, 0.3) is 10.9 Å². The molecule has 0 spiro atoms. The maximum absolute atomic E-state index is 13.5. The highest BCUT2D eigenvalue weighted by atomic mass is 16.5. The van der Waals surface area contributed by atoms with E-state index in [9.17, 15) is 9.59 Å². The molecule has 0 aliphatic carbocycles. The van der Waals surface area contributed by atoms with Crippen LogP contribution in [-0.2, 0) is 6.54 Å². The highest BCUT2D eigenvalue weighted by Crippen LogP contribution is 2.25. The number of para-hydroxylation sites is 2. The first-order valence-electron chi connectivity index (χ1n) is 9.69. The molecule has 3 aromatic carbocycles. The van der Waals surface area contributed by atoms with E-state index in [0.717, 1.165) is 22.2 Å². The Labute approximate surface area is 174 Å². The van der Waals surface area contributed by atoms with Gasteiger partial charge in [-0.25, -0.2) is 0 Å². The van der Waals surface area contributed by atoms with Crippen LogP contribution < -0.4 is 15.2 Å². The van der Waals surface area contributed by atoms with Gasteiger partial charge in [0.15, 0.2) is 0 Å². The molecule has 150 valence electrons. The fourth-order valence-corrected chi connectivity index (χ4v) is 3.52. The highest BCUT2D eigenvalue weighted by Gasteiger charge is 2.21. The minimum absolute atomic E-state index is 0.154. The second-order valence-corrected chi connectivity index (χ2v) is 7.12. The summed E-state index contributed by atoms with van der Waals surface area (Å²) in [5.74, 6) is 0.407. The zero-order valence-electron chi connectivity index (χ0n) is 16.9. The van der Waals surface area contributed by atoms with Crippen LogP contribution in [-0.4, -0.2) is 18.0 Å². The van der Waals surface area contributed by atoms with Gasteiger partial charge < -0.3 is 14.6 Å². The number of aromatic nitrogens is 1. The maximum Gasteiger partial charge on any atom is 0.258 e. The summed E-state index contributed by atoms with van der Waals surface area (Å²) in [7, 11) is 1.57. The van der Waals surface area contributed by atoms with E-state index in [1.165, 1.54) is 0 Å². The molecule has 0 aliphatic rings. The van der Waals surface area contributed by atoms with E-state index in [-0.39, 0.29) is 18.0 Å². The van der Waals surface area contributed by atoms with Crippen molar-refractivity contribution in [2.75, 3.05) is 12.0 Å². The third kappa shape index (κ3) is 3.82. The standard InChI is InChI=1S/C25H22N2O3/c1-17-8-3-6-13-23(17)27(25(29)19-10-7-11-21(15-19)30-2)16-20-14-18-9-4-5-12-22(18)26-24(20)28/h3-15H,16H2,1-2H3,(H,26,28). The quantitative estimate of drug-likeness (QED) is 0.530. The molecule has 0 fully saturated rings. The number of H-pyrrole nitrogens is 1. The number of rotatable bonds is 5. The summed E-state index contributed by atoms with van der Waals surface area (Å²) in [6.07, 6.45) is 0. The number of benzene rings is 3. The zero-order chi connectivity index (χ0) is 21.1. The molecule has 0 saturated carbocycles. The van der Waals surface area contributed by atoms with Crippen molar-refractivity contribution in [2.45, 2.75) is 13.5 Å². The number of ether oxygens (including phenoxy) is 1. The predicted molar refractivity (Wildman–Crippen MR) is 119 cm³/mol. The highest BCUT2D eigenvalue weighted by molar-refractivity contribution is 6.06. The number of carbonyl (C=O) groups excluding carboxylic acids is 1. The van der Waals surface area contributed by atoms with Gasteiger partial charge in [0.05, 0.1) is 13.7 Å². The number of anilines is 1. The number of nitrogens with one attached hydrogen (secondary N) is 1. The van der Waals surface area contributed by atoms with Crippen LogP contribution in [0.3, 0.4) is 0 Å². The molecule has 0 saturated heterocycles. The topological polar surface area (TPSA) is 62.4 Å². The fraction of sp³-hybridized carbons (Fsp3) is 0.120. The van der Waals surface area contributed by atoms with E-state index >= 15 is 0 Å². The zero-order valence-corrected chi connectivity index (χ0v) is 16.9. The van der Waals surface area contributed by atoms with Crippen LogP contribution >= 0.6 is 0 Å². The van der Waals surface area contributed by atoms with E-state index in [1.54, 1.807) is 36.3 Å². The Hall–Kier alpha value is -3.86. The number of methoxy groups -OCH3 is 1. The second kappa shape index (κ2) is 8.25. The van der Waals surface area contributed by atoms with Crippen LogP contribution in [0.4, 0.5) is 5.69 Å². The molecule has 4 aromatic rings. The molecular formula is C25H22N2O3. The van der Waals surface area contributed by atoms with Gasteiger partial charge in [-0.15, -0.1) is 0 Å². The van der Waals surface area contributed by atoms with Gasteiger partial charge in [0.25, 0.3) is 11.5 Å². The molecule has 1 aromatic heterocycles. The third-order valence-corrected chi connectivity index (χ3v) is 5.13. The van der Waals surface area contributed by atoms with Crippen molar-refractivity contribution in [3.63, 3.8) is 0 Å². The predicted octanol–water partition coefficient (Wildman–Crippen LogP) is 4.69. The number of carbonyl (C=O) groups is 1. The van der Waals surface area contributed by atoms with Crippen molar-refractivity contribution < 1.29 is 9.53 Å². The monoisotopic (exact) mass is 398 g/mol. The van der Waals surface area contributed by atoms with Gasteiger partial charge in [0, 0.05) is 22.3 Å². The first-order valence-corrected chi connectivity index (χ1v) is 9.69. The lowest BCUT2D eigenvalue weighted by molar-refractivity contribution is 0.0984. The van der Waals surface area contributed by atoms with E-state index in [0.29, 0.717) is 16.9 Å². The minimum Gasteiger partial charge on any atom is -0.497 e. The molecule has 4 rings (SSSR count). The summed E-state index contributed by atoms with van der Waals surface area (Å²) >= 11 is 0. The van der Waals surface area contributed by atoms with Crippen molar-refractivity contribution in [2.24, 2.45) is 0 Å². The number of aromatic amines is 1. The SMILES string of the molecule is COc1cccc(C(=O)N(Cc2cc3ccccc3[nH]c2=O)c2ccccc2C)c1. The Morgan fingerprint density at radius 2 is 1.73 bits per heavy atom. The van der Waals surface area contributed by atoms with Gasteiger partial charge in [-0.2, -0.15) is 0 Å². The second-order valence-electron chi connectivity index (χ2n) is 7.12. The van der Waals surface area contributed by atoms with Crippen LogP contribution in [0.1, 0.15) is 21.5 Å². The van der Waals surface area contributed by atoms with Crippen molar-refractivity contribution in [1.29, 1.82) is 0 Å². The van der Waals surface area contributed by atoms with E-state index < -0.39 is 0 Å². The average Bonchev–Trinajstić information content (AvgIpc) is 2.78. The molecule has 30 heavy (non-hydrogen) atoms. The fourth-order valence-electron chi connectivity index (χ4n) is 3.52. The molecular weight excluding hydrogens is 376 g/mol. The summed E-state index contributed by atoms with van der Waals surface area (Å²) in [5, 5.41) is 0.922. The normalized spacial score (nSPS) is 10.7. The Morgan fingerprint density at radius 3 is 2.53 bits per heavy atom. The van der Waals surface area contributed by atoms with Gasteiger partial charge >= 0.3 is 0 Å². The molecule has 1 heterocycles. The van der Waals surface area contributed by atoms with Gasteiger partial charge in [0.2, 0.25) is 0 Å². The summed E-state index contributed by atoms with van der Waals surface area (Å²) in [5.41, 5.74) is 3.30. The summed E-state index contributed by atoms with van der Waals surface area (Å²) in [6.45, 7) is 2.10. The maximum atomic E-state index is 13.5. The van der Waals surface area contributed by atoms with Gasteiger partial charge in [0.1, 0.15) is 5.75 Å². The Bertz CT molecular complexity index is 1280. The molecule has 0 atom stereocenters. The van der Waals surface area contributed by atoms with E-state index in [1.807, 2.05) is 61.5 Å². The average molecular weight is 398 g/mol. The van der Waals surface area contributed by atoms with E-state index in [2.05, 4.69) is 4.98 Å². The Morgan fingerprint density at radius 1 is 0.967 bits per heavy atom. The van der Waals surface area contributed by atoms with Crippen LogP contribution in [0.2, 0.25) is 0 Å². The largest absolute Gasteiger partial charge is 0.497 e. The van der Waals surface area contributed by atoms with Crippen molar-refractivity contribution >= 4 is 22.5 Å². The van der Waals surface area contributed by atoms with Gasteiger partial charge in [-0.05, 0) is 54.3 Å². The molecule has 0 bridgehead atoms. The molecule has 0 radical (unpaired) electrons. The van der Waals surface area contributed by atoms with Crippen molar-refractivity contribution in [3.8, 4) is 5.75 Å². The Kier molecular flexibility index (Phi) is 5.35. The molecule has 0 aliphatic heterocycles. The van der Waals surface area contributed by atoms with Crippen molar-refractivity contribution in [3.05, 3.63) is 106 Å². The van der Waals surface area contributed by atoms with Crippen molar-refractivity contribution in [1.82, 2.24) is 4.98 Å². The third-order valence-electron chi connectivity index (χ3n) is 5.13. The summed E-state index contributed by atoms with van der Waals surface area (Å²) in [4.78, 5) is 30.8. The number of amides is 1. The lowest BCUT2D eigenvalue weighted by Crippen LogP contribution is -2.33. The first kappa shape index (κ1) is 19.5.